The zero-order chi connectivity index (χ0) is 12.2. The molecule has 1 aromatic rings. The summed E-state index contributed by atoms with van der Waals surface area (Å²) in [6, 6.07) is 1.48. The van der Waals surface area contributed by atoms with E-state index in [0.29, 0.717) is 0 Å². The van der Waals surface area contributed by atoms with Crippen LogP contribution in [0, 0.1) is 5.41 Å². The van der Waals surface area contributed by atoms with E-state index in [1.807, 2.05) is 0 Å². The zero-order valence-electron chi connectivity index (χ0n) is 9.56. The van der Waals surface area contributed by atoms with Gasteiger partial charge in [0.15, 0.2) is 5.78 Å². The van der Waals surface area contributed by atoms with E-state index < -0.39 is 11.4 Å². The molecule has 0 amide bonds. The lowest BCUT2D eigenvalue weighted by Gasteiger charge is -2.19. The quantitative estimate of drug-likeness (QED) is 0.435. The molecule has 0 bridgehead atoms. The van der Waals surface area contributed by atoms with Gasteiger partial charge in [0.25, 0.3) is 0 Å². The van der Waals surface area contributed by atoms with Crippen molar-refractivity contribution in [2.45, 2.75) is 20.8 Å². The van der Waals surface area contributed by atoms with Crippen LogP contribution in [-0.4, -0.2) is 28.3 Å². The number of nitrogens with zero attached hydrogens (tertiary/aromatic N) is 2. The Kier molecular flexibility index (Phi) is 3.71. The SMILES string of the molecule is CCOC(=O)C(C)(C)C(=O)c1ccncn1. The van der Waals surface area contributed by atoms with Crippen molar-refractivity contribution in [1.29, 1.82) is 0 Å². The lowest BCUT2D eigenvalue weighted by molar-refractivity contribution is -0.150. The Balaban J connectivity index is 2.92. The Morgan fingerprint density at radius 1 is 1.44 bits per heavy atom. The minimum atomic E-state index is -1.22. The van der Waals surface area contributed by atoms with Gasteiger partial charge in [0, 0.05) is 6.20 Å². The van der Waals surface area contributed by atoms with Crippen LogP contribution in [0.5, 0.6) is 0 Å². The first-order valence-electron chi connectivity index (χ1n) is 4.98. The van der Waals surface area contributed by atoms with Crippen molar-refractivity contribution in [3.8, 4) is 0 Å². The van der Waals surface area contributed by atoms with Gasteiger partial charge in [-0.2, -0.15) is 0 Å². The van der Waals surface area contributed by atoms with Crippen LogP contribution in [0.3, 0.4) is 0 Å². The third kappa shape index (κ3) is 2.42. The highest BCUT2D eigenvalue weighted by atomic mass is 16.5. The van der Waals surface area contributed by atoms with Crippen molar-refractivity contribution in [3.05, 3.63) is 24.3 Å². The second-order valence-electron chi connectivity index (χ2n) is 3.77. The normalized spacial score (nSPS) is 10.9. The number of esters is 1. The van der Waals surface area contributed by atoms with Gasteiger partial charge in [-0.05, 0) is 26.8 Å². The minimum absolute atomic E-state index is 0.216. The number of aromatic nitrogens is 2. The van der Waals surface area contributed by atoms with E-state index in [0.717, 1.165) is 0 Å². The van der Waals surface area contributed by atoms with Crippen LogP contribution in [0.15, 0.2) is 18.6 Å². The van der Waals surface area contributed by atoms with Crippen molar-refractivity contribution in [2.75, 3.05) is 6.61 Å². The molecule has 16 heavy (non-hydrogen) atoms. The molecule has 0 saturated heterocycles. The minimum Gasteiger partial charge on any atom is -0.465 e. The molecule has 5 heteroatoms. The third-order valence-electron chi connectivity index (χ3n) is 2.17. The third-order valence-corrected chi connectivity index (χ3v) is 2.17. The summed E-state index contributed by atoms with van der Waals surface area (Å²) in [6.07, 6.45) is 2.73. The molecule has 0 radical (unpaired) electrons. The average molecular weight is 222 g/mol. The van der Waals surface area contributed by atoms with Crippen LogP contribution in [0.25, 0.3) is 0 Å². The molecule has 5 nitrogen and oxygen atoms in total. The van der Waals surface area contributed by atoms with Crippen molar-refractivity contribution in [2.24, 2.45) is 5.41 Å². The number of carbonyl (C=O) groups excluding carboxylic acids is 2. The van der Waals surface area contributed by atoms with Crippen LogP contribution in [0.1, 0.15) is 31.3 Å². The van der Waals surface area contributed by atoms with Crippen LogP contribution in [0.4, 0.5) is 0 Å². The molecule has 0 saturated carbocycles. The molecule has 0 aliphatic carbocycles. The summed E-state index contributed by atoms with van der Waals surface area (Å²) in [4.78, 5) is 31.1. The fraction of sp³-hybridized carbons (Fsp3) is 0.455. The summed E-state index contributed by atoms with van der Waals surface area (Å²) < 4.78 is 4.85. The fourth-order valence-electron chi connectivity index (χ4n) is 1.15. The second kappa shape index (κ2) is 4.83. The molecule has 1 heterocycles. The molecule has 0 aromatic carbocycles. The van der Waals surface area contributed by atoms with Crippen molar-refractivity contribution in [3.63, 3.8) is 0 Å². The van der Waals surface area contributed by atoms with Gasteiger partial charge in [0.2, 0.25) is 0 Å². The standard InChI is InChI=1S/C11H14N2O3/c1-4-16-10(15)11(2,3)9(14)8-5-6-12-7-13-8/h5-7H,4H2,1-3H3. The van der Waals surface area contributed by atoms with E-state index in [1.165, 1.54) is 32.4 Å². The number of Topliss-reactive ketones (excluding diaryl/α,β-unsaturated/α-hetero) is 1. The predicted octanol–water partition coefficient (Wildman–Crippen LogP) is 1.25. The van der Waals surface area contributed by atoms with Crippen molar-refractivity contribution >= 4 is 11.8 Å². The summed E-state index contributed by atoms with van der Waals surface area (Å²) in [5.74, 6) is -0.910. The van der Waals surface area contributed by atoms with E-state index in [1.54, 1.807) is 6.92 Å². The summed E-state index contributed by atoms with van der Waals surface area (Å²) >= 11 is 0. The smallest absolute Gasteiger partial charge is 0.319 e. The Bertz CT molecular complexity index is 387. The van der Waals surface area contributed by atoms with Crippen LogP contribution in [0.2, 0.25) is 0 Å². The molecule has 0 unspecified atom stereocenters. The number of carbonyl (C=O) groups is 2. The zero-order valence-corrected chi connectivity index (χ0v) is 9.56. The van der Waals surface area contributed by atoms with Crippen LogP contribution >= 0.6 is 0 Å². The first kappa shape index (κ1) is 12.3. The monoisotopic (exact) mass is 222 g/mol. The molecule has 1 aromatic heterocycles. The molecular formula is C11H14N2O3. The maximum atomic E-state index is 12.0. The number of ether oxygens (including phenoxy) is 1. The molecule has 0 aliphatic rings. The highest BCUT2D eigenvalue weighted by Crippen LogP contribution is 2.22. The van der Waals surface area contributed by atoms with E-state index in [9.17, 15) is 9.59 Å². The van der Waals surface area contributed by atoms with Gasteiger partial charge in [0.05, 0.1) is 6.61 Å². The summed E-state index contributed by atoms with van der Waals surface area (Å²) in [6.45, 7) is 4.99. The maximum absolute atomic E-state index is 12.0. The largest absolute Gasteiger partial charge is 0.465 e. The van der Waals surface area contributed by atoms with Gasteiger partial charge < -0.3 is 4.74 Å². The topological polar surface area (TPSA) is 69.2 Å². The van der Waals surface area contributed by atoms with E-state index in [4.69, 9.17) is 4.74 Å². The molecule has 86 valence electrons. The summed E-state index contributed by atoms with van der Waals surface area (Å²) in [5.41, 5.74) is -1.00. The van der Waals surface area contributed by atoms with Gasteiger partial charge in [-0.25, -0.2) is 9.97 Å². The van der Waals surface area contributed by atoms with E-state index in [-0.39, 0.29) is 18.1 Å². The number of rotatable bonds is 4. The molecule has 0 aliphatic heterocycles. The molecule has 0 fully saturated rings. The number of hydrogen-bond donors (Lipinski definition) is 0. The van der Waals surface area contributed by atoms with Crippen molar-refractivity contribution in [1.82, 2.24) is 9.97 Å². The van der Waals surface area contributed by atoms with Crippen LogP contribution in [-0.2, 0) is 9.53 Å². The number of ketones is 1. The van der Waals surface area contributed by atoms with Gasteiger partial charge >= 0.3 is 5.97 Å². The Hall–Kier alpha value is -1.78. The van der Waals surface area contributed by atoms with Gasteiger partial charge in [0.1, 0.15) is 17.4 Å². The Morgan fingerprint density at radius 2 is 2.12 bits per heavy atom. The summed E-state index contributed by atoms with van der Waals surface area (Å²) in [7, 11) is 0. The van der Waals surface area contributed by atoms with Crippen molar-refractivity contribution < 1.29 is 14.3 Å². The molecule has 0 atom stereocenters. The van der Waals surface area contributed by atoms with Gasteiger partial charge in [-0.3, -0.25) is 9.59 Å². The predicted molar refractivity (Wildman–Crippen MR) is 56.8 cm³/mol. The lowest BCUT2D eigenvalue weighted by atomic mass is 9.86. The molecule has 1 rings (SSSR count). The second-order valence-corrected chi connectivity index (χ2v) is 3.77. The molecule has 0 N–H and O–H groups in total. The lowest BCUT2D eigenvalue weighted by Crippen LogP contribution is -2.35. The molecular weight excluding hydrogens is 208 g/mol. The summed E-state index contributed by atoms with van der Waals surface area (Å²) in [5, 5.41) is 0. The Labute approximate surface area is 93.9 Å². The first-order chi connectivity index (χ1) is 7.50. The highest BCUT2D eigenvalue weighted by molar-refractivity contribution is 6.10. The fourth-order valence-corrected chi connectivity index (χ4v) is 1.15. The van der Waals surface area contributed by atoms with Gasteiger partial charge in [-0.1, -0.05) is 0 Å². The molecule has 0 spiro atoms. The van der Waals surface area contributed by atoms with E-state index >= 15 is 0 Å². The highest BCUT2D eigenvalue weighted by Gasteiger charge is 2.38. The van der Waals surface area contributed by atoms with Crippen LogP contribution < -0.4 is 0 Å². The number of hydrogen-bond acceptors (Lipinski definition) is 5. The first-order valence-corrected chi connectivity index (χ1v) is 4.98. The Morgan fingerprint density at radius 3 is 2.62 bits per heavy atom. The van der Waals surface area contributed by atoms with E-state index in [2.05, 4.69) is 9.97 Å². The maximum Gasteiger partial charge on any atom is 0.319 e. The van der Waals surface area contributed by atoms with Gasteiger partial charge in [-0.15, -0.1) is 0 Å². The average Bonchev–Trinajstić information content (AvgIpc) is 2.29.